The zero-order chi connectivity index (χ0) is 28.0. The van der Waals surface area contributed by atoms with Crippen molar-refractivity contribution in [3.63, 3.8) is 0 Å². The molecule has 0 aromatic heterocycles. The Kier molecular flexibility index (Phi) is 27.9. The molecule has 1 saturated heterocycles. The molecule has 39 heavy (non-hydrogen) atoms. The summed E-state index contributed by atoms with van der Waals surface area (Å²) in [5.41, 5.74) is 0. The van der Waals surface area contributed by atoms with Crippen molar-refractivity contribution < 1.29 is 4.48 Å². The topological polar surface area (TPSA) is 0 Å². The minimum absolute atomic E-state index is 1.37. The van der Waals surface area contributed by atoms with Gasteiger partial charge in [-0.1, -0.05) is 194 Å². The molecule has 1 nitrogen and oxygen atoms in total. The quantitative estimate of drug-likeness (QED) is 0.0427. The molecule has 1 aliphatic rings. The molecule has 0 aromatic carbocycles. The number of unbranched alkanes of at least 4 members (excludes halogenated alkanes) is 30. The fourth-order valence-corrected chi connectivity index (χ4v) is 6.54. The van der Waals surface area contributed by atoms with Gasteiger partial charge in [-0.25, -0.2) is 0 Å². The first kappa shape index (κ1) is 37.0. The van der Waals surface area contributed by atoms with E-state index in [1.54, 1.807) is 0 Å². The van der Waals surface area contributed by atoms with Crippen molar-refractivity contribution in [2.75, 3.05) is 19.6 Å². The van der Waals surface area contributed by atoms with Crippen molar-refractivity contribution in [1.82, 2.24) is 0 Å². The summed E-state index contributed by atoms with van der Waals surface area (Å²) in [6.07, 6.45) is 47.2. The summed E-state index contributed by atoms with van der Waals surface area (Å²) < 4.78 is 1.37. The highest BCUT2D eigenvalue weighted by molar-refractivity contribution is 4.71. The smallest absolute Gasteiger partial charge is 0.197 e. The molecule has 1 fully saturated rings. The van der Waals surface area contributed by atoms with E-state index in [1.807, 2.05) is 0 Å². The first-order valence-corrected chi connectivity index (χ1v) is 19.0. The van der Waals surface area contributed by atoms with E-state index in [0.717, 1.165) is 0 Å². The molecule has 0 aliphatic carbocycles. The van der Waals surface area contributed by atoms with Crippen LogP contribution in [0.25, 0.3) is 0 Å². The van der Waals surface area contributed by atoms with Crippen LogP contribution in [0.1, 0.15) is 219 Å². The molecule has 0 N–H and O–H groups in total. The lowest BCUT2D eigenvalue weighted by Crippen LogP contribution is -2.27. The van der Waals surface area contributed by atoms with Gasteiger partial charge in [0.2, 0.25) is 0 Å². The number of hydrogen-bond acceptors (Lipinski definition) is 0. The minimum Gasteiger partial charge on any atom is -0.306 e. The van der Waals surface area contributed by atoms with Crippen LogP contribution in [0, 0.1) is 6.54 Å². The van der Waals surface area contributed by atoms with Gasteiger partial charge in [-0.3, -0.25) is 0 Å². The van der Waals surface area contributed by atoms with E-state index in [-0.39, 0.29) is 0 Å². The van der Waals surface area contributed by atoms with Gasteiger partial charge in [0.1, 0.15) is 6.54 Å². The predicted molar refractivity (Wildman–Crippen MR) is 178 cm³/mol. The van der Waals surface area contributed by atoms with Gasteiger partial charge in [0, 0.05) is 0 Å². The lowest BCUT2D eigenvalue weighted by atomic mass is 10.0. The third-order valence-corrected chi connectivity index (χ3v) is 9.61. The molecule has 0 amide bonds. The zero-order valence-electron chi connectivity index (χ0n) is 27.8. The van der Waals surface area contributed by atoms with E-state index in [0.29, 0.717) is 0 Å². The second-order valence-electron chi connectivity index (χ2n) is 13.6. The van der Waals surface area contributed by atoms with Crippen molar-refractivity contribution in [2.45, 2.75) is 219 Å². The fourth-order valence-electron chi connectivity index (χ4n) is 6.54. The highest BCUT2D eigenvalue weighted by Gasteiger charge is 2.42. The Morgan fingerprint density at radius 2 is 0.487 bits per heavy atom. The van der Waals surface area contributed by atoms with Crippen LogP contribution in [0.3, 0.4) is 0 Å². The Morgan fingerprint density at radius 3 is 0.667 bits per heavy atom. The molecule has 1 rings (SSSR count). The maximum Gasteiger partial charge on any atom is 0.197 e. The SMILES string of the molecule is CCCCCCCCCCCCCCCCCC[N+]1(CCCCCCCCCCCCCCCCCC)[CH]C1. The van der Waals surface area contributed by atoms with Crippen LogP contribution >= 0.6 is 0 Å². The van der Waals surface area contributed by atoms with Gasteiger partial charge in [0.05, 0.1) is 13.1 Å². The van der Waals surface area contributed by atoms with Crippen LogP contribution in [0.2, 0.25) is 0 Å². The molecule has 0 saturated carbocycles. The highest BCUT2D eigenvalue weighted by Crippen LogP contribution is 2.29. The molecule has 1 aliphatic heterocycles. The Morgan fingerprint density at radius 1 is 0.308 bits per heavy atom. The molecule has 0 aromatic rings. The lowest BCUT2D eigenvalue weighted by Gasteiger charge is -2.17. The number of rotatable bonds is 34. The summed E-state index contributed by atoms with van der Waals surface area (Å²) >= 11 is 0. The van der Waals surface area contributed by atoms with E-state index < -0.39 is 0 Å². The minimum atomic E-state index is 1.37. The fraction of sp³-hybridized carbons (Fsp3) is 0.974. The standard InChI is InChI=1S/C38H77N/c1-3-5-7-9-11-13-15-17-19-21-23-25-27-29-31-33-35-39(37-38-39)36-34-32-30-28-26-24-22-20-18-16-14-12-10-8-6-4-2/h37H,3-36,38H2,1-2H3/q+1. The van der Waals surface area contributed by atoms with E-state index in [4.69, 9.17) is 0 Å². The van der Waals surface area contributed by atoms with Gasteiger partial charge < -0.3 is 4.48 Å². The molecule has 0 unspecified atom stereocenters. The average Bonchev–Trinajstić information content (AvgIpc) is 3.72. The Hall–Kier alpha value is -0.0400. The summed E-state index contributed by atoms with van der Waals surface area (Å²) in [7, 11) is 0. The van der Waals surface area contributed by atoms with Crippen LogP contribution in [0.4, 0.5) is 0 Å². The van der Waals surface area contributed by atoms with Gasteiger partial charge in [0.25, 0.3) is 0 Å². The molecule has 0 atom stereocenters. The molecule has 233 valence electrons. The molecule has 1 heteroatoms. The predicted octanol–water partition coefficient (Wildman–Crippen LogP) is 13.5. The molecule has 0 spiro atoms. The van der Waals surface area contributed by atoms with Crippen LogP contribution in [0.15, 0.2) is 0 Å². The summed E-state index contributed by atoms with van der Waals surface area (Å²) in [6, 6.07) is 0. The van der Waals surface area contributed by atoms with Crippen molar-refractivity contribution in [1.29, 1.82) is 0 Å². The van der Waals surface area contributed by atoms with E-state index in [2.05, 4.69) is 20.4 Å². The molecular weight excluding hydrogens is 470 g/mol. The highest BCUT2D eigenvalue weighted by atomic mass is 15.5. The molecule has 1 radical (unpaired) electrons. The van der Waals surface area contributed by atoms with Gasteiger partial charge in [-0.15, -0.1) is 0 Å². The summed E-state index contributed by atoms with van der Waals surface area (Å²) in [5, 5.41) is 0. The van der Waals surface area contributed by atoms with Crippen LogP contribution in [0.5, 0.6) is 0 Å². The Balaban J connectivity index is 1.73. The van der Waals surface area contributed by atoms with Crippen molar-refractivity contribution in [3.8, 4) is 0 Å². The van der Waals surface area contributed by atoms with Crippen LogP contribution in [-0.2, 0) is 0 Å². The van der Waals surface area contributed by atoms with E-state index >= 15 is 0 Å². The largest absolute Gasteiger partial charge is 0.306 e. The summed E-state index contributed by atoms with van der Waals surface area (Å²) in [4.78, 5) is 0. The van der Waals surface area contributed by atoms with E-state index in [9.17, 15) is 0 Å². The number of quaternary nitrogens is 1. The van der Waals surface area contributed by atoms with Crippen LogP contribution < -0.4 is 0 Å². The van der Waals surface area contributed by atoms with Crippen molar-refractivity contribution >= 4 is 0 Å². The second kappa shape index (κ2) is 29.5. The van der Waals surface area contributed by atoms with Gasteiger partial charge in [-0.05, 0) is 25.7 Å². The van der Waals surface area contributed by atoms with Gasteiger partial charge in [0.15, 0.2) is 6.54 Å². The maximum absolute atomic E-state index is 2.59. The van der Waals surface area contributed by atoms with E-state index in [1.165, 1.54) is 230 Å². The third-order valence-electron chi connectivity index (χ3n) is 9.61. The monoisotopic (exact) mass is 548 g/mol. The maximum atomic E-state index is 2.59. The second-order valence-corrected chi connectivity index (χ2v) is 13.6. The van der Waals surface area contributed by atoms with Gasteiger partial charge >= 0.3 is 0 Å². The van der Waals surface area contributed by atoms with Gasteiger partial charge in [-0.2, -0.15) is 0 Å². The normalized spacial score (nSPS) is 14.3. The summed E-state index contributed by atoms with van der Waals surface area (Å²) in [5.74, 6) is 0. The first-order chi connectivity index (χ1) is 19.3. The molecule has 1 heterocycles. The zero-order valence-corrected chi connectivity index (χ0v) is 27.8. The Bertz CT molecular complexity index is 416. The molecular formula is C38H77N+. The number of hydrogen-bond donors (Lipinski definition) is 0. The third kappa shape index (κ3) is 26.6. The lowest BCUT2D eigenvalue weighted by molar-refractivity contribution is -0.784. The van der Waals surface area contributed by atoms with Crippen molar-refractivity contribution in [2.24, 2.45) is 0 Å². The average molecular weight is 548 g/mol. The number of nitrogens with zero attached hydrogens (tertiary/aromatic N) is 1. The Labute approximate surface area is 249 Å². The first-order valence-electron chi connectivity index (χ1n) is 19.0. The van der Waals surface area contributed by atoms with Crippen molar-refractivity contribution in [3.05, 3.63) is 6.54 Å². The van der Waals surface area contributed by atoms with Crippen LogP contribution in [-0.4, -0.2) is 24.1 Å². The molecule has 0 bridgehead atoms. The summed E-state index contributed by atoms with van der Waals surface area (Å²) in [6.45, 7) is 11.5.